The number of carbonyl (C=O) groups is 1. The van der Waals surface area contributed by atoms with Crippen molar-refractivity contribution >= 4 is 39.3 Å². The van der Waals surface area contributed by atoms with E-state index in [-0.39, 0.29) is 10.6 Å². The average molecular weight is 389 g/mol. The molecule has 1 heterocycles. The first-order valence-electron chi connectivity index (χ1n) is 6.90. The molecular weight excluding hydrogens is 372 g/mol. The van der Waals surface area contributed by atoms with Gasteiger partial charge in [0.05, 0.1) is 17.1 Å². The topological polar surface area (TPSA) is 93.1 Å². The number of sulfonamides is 1. The number of nitrogens with zero attached hydrogens (tertiary/aromatic N) is 2. The number of amides is 1. The van der Waals surface area contributed by atoms with E-state index in [1.165, 1.54) is 16.4 Å². The summed E-state index contributed by atoms with van der Waals surface area (Å²) in [5.41, 5.74) is 3.06. The zero-order chi connectivity index (χ0) is 17.9. The molecule has 0 fully saturated rings. The van der Waals surface area contributed by atoms with Crippen LogP contribution in [0.15, 0.2) is 34.1 Å². The van der Waals surface area contributed by atoms with Crippen LogP contribution in [0.1, 0.15) is 11.4 Å². The minimum atomic E-state index is -3.88. The largest absolute Gasteiger partial charge is 0.277 e. The molecule has 10 heteroatoms. The van der Waals surface area contributed by atoms with Gasteiger partial charge >= 0.3 is 0 Å². The van der Waals surface area contributed by atoms with Crippen LogP contribution in [0.25, 0.3) is 0 Å². The molecule has 0 aliphatic rings. The highest BCUT2D eigenvalue weighted by atomic mass is 35.5. The number of hydrogen-bond acceptors (Lipinski definition) is 5. The highest BCUT2D eigenvalue weighted by Gasteiger charge is 2.24. The first kappa shape index (κ1) is 18.8. The fraction of sp³-hybridized carbons (Fsp3) is 0.286. The Morgan fingerprint density at radius 3 is 2.46 bits per heavy atom. The predicted octanol–water partition coefficient (Wildman–Crippen LogP) is 1.79. The molecule has 2 aromatic rings. The fourth-order valence-corrected chi connectivity index (χ4v) is 4.16. The van der Waals surface area contributed by atoms with E-state index in [9.17, 15) is 13.2 Å². The van der Waals surface area contributed by atoms with Crippen LogP contribution in [0.2, 0.25) is 5.02 Å². The SMILES string of the molecule is Cc1nn(C)c(C)c1S(=O)(=O)NNC(=O)CSc1ccc(Cl)cc1. The summed E-state index contributed by atoms with van der Waals surface area (Å²) < 4.78 is 26.1. The van der Waals surface area contributed by atoms with Crippen molar-refractivity contribution in [1.29, 1.82) is 0 Å². The molecule has 2 rings (SSSR count). The lowest BCUT2D eigenvalue weighted by molar-refractivity contribution is -0.119. The Hall–Kier alpha value is -1.55. The standard InChI is InChI=1S/C14H17ClN4O3S2/c1-9-14(10(2)19(3)17-9)24(21,22)18-16-13(20)8-23-12-6-4-11(15)5-7-12/h4-7,18H,8H2,1-3H3,(H,16,20). The Labute approximate surface area is 149 Å². The molecule has 0 unspecified atom stereocenters. The second-order valence-corrected chi connectivity index (χ2v) is 8.12. The summed E-state index contributed by atoms with van der Waals surface area (Å²) >= 11 is 7.06. The molecule has 2 N–H and O–H groups in total. The number of rotatable bonds is 6. The molecule has 7 nitrogen and oxygen atoms in total. The van der Waals surface area contributed by atoms with E-state index in [4.69, 9.17) is 11.6 Å². The summed E-state index contributed by atoms with van der Waals surface area (Å²) in [6.45, 7) is 3.24. The Balaban J connectivity index is 1.94. The number of hydrazine groups is 1. The summed E-state index contributed by atoms with van der Waals surface area (Å²) in [6, 6.07) is 7.01. The van der Waals surface area contributed by atoms with Gasteiger partial charge < -0.3 is 0 Å². The van der Waals surface area contributed by atoms with Crippen molar-refractivity contribution in [1.82, 2.24) is 20.0 Å². The van der Waals surface area contributed by atoms with Gasteiger partial charge in [-0.1, -0.05) is 11.6 Å². The number of benzene rings is 1. The van der Waals surface area contributed by atoms with Crippen molar-refractivity contribution in [3.05, 3.63) is 40.7 Å². The Morgan fingerprint density at radius 1 is 1.29 bits per heavy atom. The first-order chi connectivity index (χ1) is 11.2. The van der Waals surface area contributed by atoms with Crippen molar-refractivity contribution in [2.24, 2.45) is 7.05 Å². The normalized spacial score (nSPS) is 11.5. The summed E-state index contributed by atoms with van der Waals surface area (Å²) in [7, 11) is -2.22. The molecule has 0 saturated heterocycles. The number of carbonyl (C=O) groups excluding carboxylic acids is 1. The molecule has 130 valence electrons. The summed E-state index contributed by atoms with van der Waals surface area (Å²) in [4.78, 5) is 14.9. The highest BCUT2D eigenvalue weighted by Crippen LogP contribution is 2.20. The molecule has 0 saturated carbocycles. The molecule has 1 amide bonds. The molecule has 24 heavy (non-hydrogen) atoms. The number of aromatic nitrogens is 2. The lowest BCUT2D eigenvalue weighted by Crippen LogP contribution is -2.42. The van der Waals surface area contributed by atoms with Gasteiger partial charge in [-0.25, -0.2) is 8.42 Å². The summed E-state index contributed by atoms with van der Waals surface area (Å²) in [5, 5.41) is 4.67. The molecule has 1 aromatic heterocycles. The smallest absolute Gasteiger partial charge is 0.261 e. The van der Waals surface area contributed by atoms with Gasteiger partial charge in [-0.2, -0.15) is 5.10 Å². The first-order valence-corrected chi connectivity index (χ1v) is 9.74. The number of halogens is 1. The summed E-state index contributed by atoms with van der Waals surface area (Å²) in [5.74, 6) is -0.396. The maximum absolute atomic E-state index is 12.3. The van der Waals surface area contributed by atoms with Crippen LogP contribution in [0.5, 0.6) is 0 Å². The molecule has 0 radical (unpaired) electrons. The fourth-order valence-electron chi connectivity index (χ4n) is 2.03. The van der Waals surface area contributed by atoms with E-state index >= 15 is 0 Å². The number of thioether (sulfide) groups is 1. The van der Waals surface area contributed by atoms with Crippen molar-refractivity contribution < 1.29 is 13.2 Å². The molecule has 0 aliphatic heterocycles. The van der Waals surface area contributed by atoms with Crippen molar-refractivity contribution in [3.63, 3.8) is 0 Å². The minimum Gasteiger partial charge on any atom is -0.277 e. The third-order valence-corrected chi connectivity index (χ3v) is 5.98. The number of hydrogen-bond donors (Lipinski definition) is 2. The Kier molecular flexibility index (Phi) is 5.92. The zero-order valence-corrected chi connectivity index (χ0v) is 15.7. The second kappa shape index (κ2) is 7.56. The lowest BCUT2D eigenvalue weighted by Gasteiger charge is -2.09. The number of aryl methyl sites for hydroxylation is 2. The Morgan fingerprint density at radius 2 is 1.92 bits per heavy atom. The van der Waals surface area contributed by atoms with E-state index in [1.54, 1.807) is 45.2 Å². The van der Waals surface area contributed by atoms with Crippen LogP contribution in [0.4, 0.5) is 0 Å². The molecule has 0 bridgehead atoms. The quantitative estimate of drug-likeness (QED) is 0.581. The third kappa shape index (κ3) is 4.50. The van der Waals surface area contributed by atoms with Gasteiger partial charge in [0.2, 0.25) is 5.91 Å². The van der Waals surface area contributed by atoms with Crippen molar-refractivity contribution in [3.8, 4) is 0 Å². The zero-order valence-electron chi connectivity index (χ0n) is 13.3. The molecule has 0 spiro atoms. The van der Waals surface area contributed by atoms with Crippen LogP contribution in [-0.4, -0.2) is 29.9 Å². The van der Waals surface area contributed by atoms with Gasteiger partial charge in [-0.3, -0.25) is 14.9 Å². The third-order valence-electron chi connectivity index (χ3n) is 3.22. The van der Waals surface area contributed by atoms with Gasteiger partial charge in [0.15, 0.2) is 0 Å². The molecular formula is C14H17ClN4O3S2. The van der Waals surface area contributed by atoms with Gasteiger partial charge in [-0.15, -0.1) is 16.6 Å². The van der Waals surface area contributed by atoms with Gasteiger partial charge in [-0.05, 0) is 38.1 Å². The van der Waals surface area contributed by atoms with Crippen LogP contribution >= 0.6 is 23.4 Å². The van der Waals surface area contributed by atoms with Gasteiger partial charge in [0, 0.05) is 17.0 Å². The predicted molar refractivity (Wildman–Crippen MR) is 93.3 cm³/mol. The van der Waals surface area contributed by atoms with Crippen molar-refractivity contribution in [2.45, 2.75) is 23.6 Å². The van der Waals surface area contributed by atoms with Crippen LogP contribution in [0, 0.1) is 13.8 Å². The maximum Gasteiger partial charge on any atom is 0.261 e. The molecule has 1 aromatic carbocycles. The van der Waals surface area contributed by atoms with Crippen LogP contribution in [-0.2, 0) is 21.9 Å². The monoisotopic (exact) mass is 388 g/mol. The Bertz CT molecular complexity index is 848. The molecule has 0 atom stereocenters. The van der Waals surface area contributed by atoms with Crippen molar-refractivity contribution in [2.75, 3.05) is 5.75 Å². The van der Waals surface area contributed by atoms with E-state index < -0.39 is 15.9 Å². The highest BCUT2D eigenvalue weighted by molar-refractivity contribution is 8.00. The van der Waals surface area contributed by atoms with E-state index in [1.807, 2.05) is 0 Å². The maximum atomic E-state index is 12.3. The lowest BCUT2D eigenvalue weighted by atomic mass is 10.4. The van der Waals surface area contributed by atoms with Crippen LogP contribution in [0.3, 0.4) is 0 Å². The minimum absolute atomic E-state index is 0.0646. The molecule has 0 aliphatic carbocycles. The van der Waals surface area contributed by atoms with E-state index in [0.29, 0.717) is 16.4 Å². The van der Waals surface area contributed by atoms with Crippen LogP contribution < -0.4 is 10.3 Å². The number of nitrogens with one attached hydrogen (secondary N) is 2. The summed E-state index contributed by atoms with van der Waals surface area (Å²) in [6.07, 6.45) is 0. The van der Waals surface area contributed by atoms with E-state index in [0.717, 1.165) is 4.90 Å². The average Bonchev–Trinajstić information content (AvgIpc) is 2.78. The second-order valence-electron chi connectivity index (χ2n) is 5.02. The van der Waals surface area contributed by atoms with E-state index in [2.05, 4.69) is 15.4 Å². The van der Waals surface area contributed by atoms with Gasteiger partial charge in [0.25, 0.3) is 10.0 Å². The van der Waals surface area contributed by atoms with Gasteiger partial charge in [0.1, 0.15) is 4.90 Å².